The molecular formula is C12H23N3O. The summed E-state index contributed by atoms with van der Waals surface area (Å²) in [6.45, 7) is 7.77. The molecule has 0 saturated carbocycles. The average molecular weight is 225 g/mol. The van der Waals surface area contributed by atoms with Crippen molar-refractivity contribution in [3.8, 4) is 0 Å². The van der Waals surface area contributed by atoms with Crippen LogP contribution in [0.25, 0.3) is 0 Å². The van der Waals surface area contributed by atoms with E-state index in [0.717, 1.165) is 19.6 Å². The molecule has 1 heterocycles. The van der Waals surface area contributed by atoms with Gasteiger partial charge in [-0.2, -0.15) is 0 Å². The van der Waals surface area contributed by atoms with Crippen LogP contribution in [0.2, 0.25) is 0 Å². The summed E-state index contributed by atoms with van der Waals surface area (Å²) in [6.07, 6.45) is 4.14. The Hall–Kier alpha value is -0.870. The molecular weight excluding hydrogens is 202 g/mol. The molecule has 92 valence electrons. The Morgan fingerprint density at radius 2 is 2.19 bits per heavy atom. The number of nitrogens with one attached hydrogen (secondary N) is 2. The Kier molecular flexibility index (Phi) is 6.11. The number of piperidine rings is 1. The third-order valence-electron chi connectivity index (χ3n) is 3.00. The number of nitrogens with zero attached hydrogens (tertiary/aromatic N) is 1. The molecule has 1 saturated heterocycles. The maximum Gasteiger partial charge on any atom is 0.233 e. The molecule has 16 heavy (non-hydrogen) atoms. The van der Waals surface area contributed by atoms with Crippen molar-refractivity contribution < 1.29 is 4.79 Å². The molecule has 1 aliphatic rings. The maximum absolute atomic E-state index is 11.4. The number of rotatable bonds is 6. The van der Waals surface area contributed by atoms with E-state index in [1.54, 1.807) is 6.08 Å². The van der Waals surface area contributed by atoms with Crippen LogP contribution in [0.1, 0.15) is 12.8 Å². The number of hydrogen-bond acceptors (Lipinski definition) is 3. The molecule has 0 radical (unpaired) electrons. The lowest BCUT2D eigenvalue weighted by atomic mass is 9.97. The minimum absolute atomic E-state index is 0.0841. The lowest BCUT2D eigenvalue weighted by Crippen LogP contribution is -2.40. The van der Waals surface area contributed by atoms with Crippen LogP contribution in [0.4, 0.5) is 0 Å². The Labute approximate surface area is 98.1 Å². The van der Waals surface area contributed by atoms with Gasteiger partial charge in [0, 0.05) is 13.1 Å². The van der Waals surface area contributed by atoms with Crippen molar-refractivity contribution in [1.82, 2.24) is 15.5 Å². The summed E-state index contributed by atoms with van der Waals surface area (Å²) in [4.78, 5) is 13.7. The molecule has 0 unspecified atom stereocenters. The van der Waals surface area contributed by atoms with Gasteiger partial charge in [-0.25, -0.2) is 0 Å². The first kappa shape index (κ1) is 13.2. The highest BCUT2D eigenvalue weighted by molar-refractivity contribution is 5.77. The third kappa shape index (κ3) is 5.28. The minimum Gasteiger partial charge on any atom is -0.355 e. The molecule has 0 bridgehead atoms. The first-order chi connectivity index (χ1) is 7.72. The molecule has 4 heteroatoms. The van der Waals surface area contributed by atoms with E-state index in [9.17, 15) is 4.79 Å². The van der Waals surface area contributed by atoms with Crippen LogP contribution in [0.5, 0.6) is 0 Å². The number of likely N-dealkylation sites (tertiary alicyclic amines) is 1. The molecule has 0 atom stereocenters. The third-order valence-corrected chi connectivity index (χ3v) is 3.00. The maximum atomic E-state index is 11.4. The summed E-state index contributed by atoms with van der Waals surface area (Å²) in [5.41, 5.74) is 0. The zero-order valence-electron chi connectivity index (χ0n) is 10.2. The Morgan fingerprint density at radius 3 is 2.81 bits per heavy atom. The summed E-state index contributed by atoms with van der Waals surface area (Å²) < 4.78 is 0. The Bertz CT molecular complexity index is 222. The number of amides is 1. The van der Waals surface area contributed by atoms with Crippen molar-refractivity contribution >= 4 is 5.91 Å². The Morgan fingerprint density at radius 1 is 1.50 bits per heavy atom. The summed E-state index contributed by atoms with van der Waals surface area (Å²) in [5.74, 6) is 0.736. The zero-order valence-corrected chi connectivity index (χ0v) is 10.2. The monoisotopic (exact) mass is 225 g/mol. The van der Waals surface area contributed by atoms with E-state index in [1.807, 2.05) is 0 Å². The van der Waals surface area contributed by atoms with Crippen LogP contribution in [0, 0.1) is 5.92 Å². The first-order valence-electron chi connectivity index (χ1n) is 5.99. The van der Waals surface area contributed by atoms with Crippen molar-refractivity contribution in [3.05, 3.63) is 12.7 Å². The molecule has 4 nitrogen and oxygen atoms in total. The van der Waals surface area contributed by atoms with Gasteiger partial charge in [-0.1, -0.05) is 6.08 Å². The van der Waals surface area contributed by atoms with Gasteiger partial charge in [0.25, 0.3) is 0 Å². The van der Waals surface area contributed by atoms with Gasteiger partial charge < -0.3 is 15.5 Å². The largest absolute Gasteiger partial charge is 0.355 e. The van der Waals surface area contributed by atoms with Gasteiger partial charge in [-0.15, -0.1) is 6.58 Å². The second-order valence-electron chi connectivity index (χ2n) is 4.47. The number of hydrogen-bond donors (Lipinski definition) is 2. The van der Waals surface area contributed by atoms with Gasteiger partial charge in [0.15, 0.2) is 0 Å². The quantitative estimate of drug-likeness (QED) is 0.502. The van der Waals surface area contributed by atoms with E-state index >= 15 is 0 Å². The van der Waals surface area contributed by atoms with Gasteiger partial charge in [-0.3, -0.25) is 4.79 Å². The van der Waals surface area contributed by atoms with Crippen LogP contribution in [0.15, 0.2) is 12.7 Å². The van der Waals surface area contributed by atoms with Gasteiger partial charge in [-0.05, 0) is 38.9 Å². The second-order valence-corrected chi connectivity index (χ2v) is 4.47. The van der Waals surface area contributed by atoms with Crippen molar-refractivity contribution in [2.45, 2.75) is 12.8 Å². The number of carbonyl (C=O) groups is 1. The van der Waals surface area contributed by atoms with E-state index in [2.05, 4.69) is 29.2 Å². The van der Waals surface area contributed by atoms with Gasteiger partial charge in [0.1, 0.15) is 0 Å². The van der Waals surface area contributed by atoms with Gasteiger partial charge >= 0.3 is 0 Å². The summed E-state index contributed by atoms with van der Waals surface area (Å²) in [7, 11) is 2.15. The molecule has 0 aliphatic carbocycles. The van der Waals surface area contributed by atoms with Crippen LogP contribution in [0.3, 0.4) is 0 Å². The standard InChI is InChI=1S/C12H23N3O/c1-3-6-13-10-12(16)14-9-11-4-7-15(2)8-5-11/h3,11,13H,1,4-10H2,2H3,(H,14,16). The van der Waals surface area contributed by atoms with Crippen molar-refractivity contribution in [2.75, 3.05) is 39.8 Å². The molecule has 0 aromatic rings. The summed E-state index contributed by atoms with van der Waals surface area (Å²) in [5, 5.41) is 5.96. The molecule has 1 aliphatic heterocycles. The predicted octanol–water partition coefficient (Wildman–Crippen LogP) is 0.220. The van der Waals surface area contributed by atoms with Crippen LogP contribution in [-0.2, 0) is 4.79 Å². The van der Waals surface area contributed by atoms with E-state index < -0.39 is 0 Å². The average Bonchev–Trinajstić information content (AvgIpc) is 2.29. The molecule has 0 aromatic carbocycles. The summed E-state index contributed by atoms with van der Waals surface area (Å²) >= 11 is 0. The molecule has 1 amide bonds. The topological polar surface area (TPSA) is 44.4 Å². The van der Waals surface area contributed by atoms with Crippen LogP contribution in [-0.4, -0.2) is 50.6 Å². The van der Waals surface area contributed by atoms with Crippen LogP contribution < -0.4 is 10.6 Å². The lowest BCUT2D eigenvalue weighted by Gasteiger charge is -2.28. The highest BCUT2D eigenvalue weighted by Crippen LogP contribution is 2.14. The van der Waals surface area contributed by atoms with E-state index in [-0.39, 0.29) is 5.91 Å². The molecule has 1 rings (SSSR count). The van der Waals surface area contributed by atoms with Crippen molar-refractivity contribution in [3.63, 3.8) is 0 Å². The fraction of sp³-hybridized carbons (Fsp3) is 0.750. The predicted molar refractivity (Wildman–Crippen MR) is 66.3 cm³/mol. The SMILES string of the molecule is C=CCNCC(=O)NCC1CCN(C)CC1. The zero-order chi connectivity index (χ0) is 11.8. The van der Waals surface area contributed by atoms with E-state index in [0.29, 0.717) is 19.0 Å². The van der Waals surface area contributed by atoms with Gasteiger partial charge in [0.2, 0.25) is 5.91 Å². The van der Waals surface area contributed by atoms with Crippen molar-refractivity contribution in [1.29, 1.82) is 0 Å². The molecule has 1 fully saturated rings. The smallest absolute Gasteiger partial charge is 0.233 e. The van der Waals surface area contributed by atoms with E-state index in [4.69, 9.17) is 0 Å². The minimum atomic E-state index is 0.0841. The molecule has 2 N–H and O–H groups in total. The van der Waals surface area contributed by atoms with Crippen molar-refractivity contribution in [2.24, 2.45) is 5.92 Å². The Balaban J connectivity index is 2.05. The van der Waals surface area contributed by atoms with Crippen LogP contribution >= 0.6 is 0 Å². The first-order valence-corrected chi connectivity index (χ1v) is 5.99. The fourth-order valence-corrected chi connectivity index (χ4v) is 1.87. The number of carbonyl (C=O) groups excluding carboxylic acids is 1. The highest BCUT2D eigenvalue weighted by Gasteiger charge is 2.16. The van der Waals surface area contributed by atoms with Gasteiger partial charge in [0.05, 0.1) is 6.54 Å². The normalized spacial score (nSPS) is 18.3. The van der Waals surface area contributed by atoms with E-state index in [1.165, 1.54) is 12.8 Å². The second kappa shape index (κ2) is 7.41. The molecule has 0 aromatic heterocycles. The molecule has 0 spiro atoms. The fourth-order valence-electron chi connectivity index (χ4n) is 1.87. The lowest BCUT2D eigenvalue weighted by molar-refractivity contribution is -0.120. The summed E-state index contributed by atoms with van der Waals surface area (Å²) in [6, 6.07) is 0. The highest BCUT2D eigenvalue weighted by atomic mass is 16.1.